The van der Waals surface area contributed by atoms with Gasteiger partial charge in [-0.2, -0.15) is 0 Å². The van der Waals surface area contributed by atoms with E-state index >= 15 is 0 Å². The second-order valence-electron chi connectivity index (χ2n) is 6.13. The second kappa shape index (κ2) is 8.40. The van der Waals surface area contributed by atoms with Crippen molar-refractivity contribution < 1.29 is 0 Å². The highest BCUT2D eigenvalue weighted by molar-refractivity contribution is 5.36. The Kier molecular flexibility index (Phi) is 6.47. The van der Waals surface area contributed by atoms with Crippen LogP contribution in [0.3, 0.4) is 0 Å². The lowest BCUT2D eigenvalue weighted by Crippen LogP contribution is -2.02. The molecule has 0 aliphatic heterocycles. The Morgan fingerprint density at radius 3 is 2.11 bits per heavy atom. The molecule has 0 amide bonds. The zero-order valence-electron chi connectivity index (χ0n) is 12.7. The summed E-state index contributed by atoms with van der Waals surface area (Å²) in [5.74, 6) is 0. The topological polar surface area (TPSA) is 0 Å². The lowest BCUT2D eigenvalue weighted by molar-refractivity contribution is 0.558. The molecule has 0 heterocycles. The molecule has 0 saturated heterocycles. The number of fused-ring (bicyclic) bond motifs is 1. The standard InChI is InChI=1S/C19H30/c1-2-12-17-14-11-15-18-13-9-7-5-3-4-6-8-10-16-19(17)18/h11,14-15H,2-10,12-13,16H2,1H3. The van der Waals surface area contributed by atoms with E-state index in [-0.39, 0.29) is 0 Å². The maximum absolute atomic E-state index is 2.39. The number of hydrogen-bond acceptors (Lipinski definition) is 0. The first kappa shape index (κ1) is 14.6. The minimum absolute atomic E-state index is 1.27. The number of hydrogen-bond donors (Lipinski definition) is 0. The molecular weight excluding hydrogens is 228 g/mol. The highest BCUT2D eigenvalue weighted by Gasteiger charge is 2.08. The van der Waals surface area contributed by atoms with Gasteiger partial charge in [0.1, 0.15) is 0 Å². The van der Waals surface area contributed by atoms with Crippen LogP contribution in [0.4, 0.5) is 0 Å². The van der Waals surface area contributed by atoms with Crippen molar-refractivity contribution in [3.8, 4) is 0 Å². The lowest BCUT2D eigenvalue weighted by Gasteiger charge is -2.16. The molecule has 19 heavy (non-hydrogen) atoms. The van der Waals surface area contributed by atoms with Crippen LogP contribution in [0.5, 0.6) is 0 Å². The molecule has 1 aromatic carbocycles. The van der Waals surface area contributed by atoms with E-state index in [1.54, 1.807) is 16.7 Å². The first-order valence-corrected chi connectivity index (χ1v) is 8.51. The smallest absolute Gasteiger partial charge is 0.0273 e. The van der Waals surface area contributed by atoms with E-state index < -0.39 is 0 Å². The molecule has 0 bridgehead atoms. The fourth-order valence-electron chi connectivity index (χ4n) is 3.42. The summed E-state index contributed by atoms with van der Waals surface area (Å²) in [6.45, 7) is 2.30. The fraction of sp³-hybridized carbons (Fsp3) is 0.684. The highest BCUT2D eigenvalue weighted by atomic mass is 14.1. The second-order valence-corrected chi connectivity index (χ2v) is 6.13. The van der Waals surface area contributed by atoms with Crippen LogP contribution in [-0.4, -0.2) is 0 Å². The van der Waals surface area contributed by atoms with Gasteiger partial charge < -0.3 is 0 Å². The molecular formula is C19H30. The average molecular weight is 258 g/mol. The molecule has 1 aliphatic rings. The van der Waals surface area contributed by atoms with Gasteiger partial charge in [0, 0.05) is 0 Å². The van der Waals surface area contributed by atoms with Crippen LogP contribution in [0.15, 0.2) is 18.2 Å². The predicted octanol–water partition coefficient (Wildman–Crippen LogP) is 5.86. The molecule has 0 radical (unpaired) electrons. The van der Waals surface area contributed by atoms with Crippen LogP contribution < -0.4 is 0 Å². The van der Waals surface area contributed by atoms with Crippen molar-refractivity contribution in [2.75, 3.05) is 0 Å². The summed E-state index contributed by atoms with van der Waals surface area (Å²) < 4.78 is 0. The van der Waals surface area contributed by atoms with Gasteiger partial charge in [-0.15, -0.1) is 0 Å². The van der Waals surface area contributed by atoms with E-state index in [1.807, 2.05) is 0 Å². The first-order chi connectivity index (χ1) is 9.42. The van der Waals surface area contributed by atoms with E-state index in [9.17, 15) is 0 Å². The van der Waals surface area contributed by atoms with Crippen molar-refractivity contribution in [1.29, 1.82) is 0 Å². The van der Waals surface area contributed by atoms with E-state index in [2.05, 4.69) is 25.1 Å². The van der Waals surface area contributed by atoms with Crippen molar-refractivity contribution >= 4 is 0 Å². The van der Waals surface area contributed by atoms with Gasteiger partial charge in [-0.05, 0) is 48.8 Å². The van der Waals surface area contributed by atoms with E-state index in [0.29, 0.717) is 0 Å². The van der Waals surface area contributed by atoms with Gasteiger partial charge in [-0.3, -0.25) is 0 Å². The number of benzene rings is 1. The molecule has 0 N–H and O–H groups in total. The third kappa shape index (κ3) is 4.67. The zero-order chi connectivity index (χ0) is 13.3. The molecule has 0 fully saturated rings. The van der Waals surface area contributed by atoms with Crippen LogP contribution in [-0.2, 0) is 19.3 Å². The maximum Gasteiger partial charge on any atom is -0.0273 e. The van der Waals surface area contributed by atoms with Crippen molar-refractivity contribution in [1.82, 2.24) is 0 Å². The summed E-state index contributed by atoms with van der Waals surface area (Å²) in [7, 11) is 0. The Bertz CT molecular complexity index is 364. The Morgan fingerprint density at radius 2 is 1.42 bits per heavy atom. The molecule has 0 nitrogen and oxygen atoms in total. The van der Waals surface area contributed by atoms with Gasteiger partial charge in [0.15, 0.2) is 0 Å². The van der Waals surface area contributed by atoms with Gasteiger partial charge >= 0.3 is 0 Å². The molecule has 106 valence electrons. The SMILES string of the molecule is CCCc1cccc2c1CCCCCCCCCC2. The van der Waals surface area contributed by atoms with Crippen molar-refractivity contribution in [2.24, 2.45) is 0 Å². The minimum Gasteiger partial charge on any atom is -0.0651 e. The predicted molar refractivity (Wildman–Crippen MR) is 84.8 cm³/mol. The first-order valence-electron chi connectivity index (χ1n) is 8.51. The van der Waals surface area contributed by atoms with Gasteiger partial charge in [0.25, 0.3) is 0 Å². The van der Waals surface area contributed by atoms with Crippen molar-refractivity contribution in [2.45, 2.75) is 84.0 Å². The summed E-state index contributed by atoms with van der Waals surface area (Å²) in [5.41, 5.74) is 5.01. The minimum atomic E-state index is 1.27. The monoisotopic (exact) mass is 258 g/mol. The molecule has 0 spiro atoms. The number of rotatable bonds is 2. The van der Waals surface area contributed by atoms with Gasteiger partial charge in [0.2, 0.25) is 0 Å². The van der Waals surface area contributed by atoms with Crippen molar-refractivity contribution in [3.05, 3.63) is 34.9 Å². The Hall–Kier alpha value is -0.780. The molecule has 1 aromatic rings. The zero-order valence-corrected chi connectivity index (χ0v) is 12.7. The Morgan fingerprint density at radius 1 is 0.789 bits per heavy atom. The average Bonchev–Trinajstić information content (AvgIpc) is 2.41. The van der Waals surface area contributed by atoms with E-state index in [1.165, 1.54) is 77.0 Å². The molecule has 0 aromatic heterocycles. The van der Waals surface area contributed by atoms with Crippen LogP contribution in [0.2, 0.25) is 0 Å². The quantitative estimate of drug-likeness (QED) is 0.623. The van der Waals surface area contributed by atoms with Crippen LogP contribution in [0, 0.1) is 0 Å². The summed E-state index contributed by atoms with van der Waals surface area (Å²) in [6.07, 6.45) is 16.6. The Labute approximate surface area is 119 Å². The summed E-state index contributed by atoms with van der Waals surface area (Å²) in [4.78, 5) is 0. The molecule has 0 unspecified atom stereocenters. The largest absolute Gasteiger partial charge is 0.0651 e. The van der Waals surface area contributed by atoms with Crippen LogP contribution in [0.25, 0.3) is 0 Å². The summed E-state index contributed by atoms with van der Waals surface area (Å²) >= 11 is 0. The summed E-state index contributed by atoms with van der Waals surface area (Å²) in [5, 5.41) is 0. The normalized spacial score (nSPS) is 18.2. The van der Waals surface area contributed by atoms with E-state index in [4.69, 9.17) is 0 Å². The number of aryl methyl sites for hydroxylation is 2. The fourth-order valence-corrected chi connectivity index (χ4v) is 3.42. The lowest BCUT2D eigenvalue weighted by atomic mass is 9.90. The van der Waals surface area contributed by atoms with Crippen LogP contribution in [0.1, 0.15) is 81.4 Å². The molecule has 0 atom stereocenters. The van der Waals surface area contributed by atoms with Crippen molar-refractivity contribution in [3.63, 3.8) is 0 Å². The van der Waals surface area contributed by atoms with E-state index in [0.717, 1.165) is 0 Å². The molecule has 0 heteroatoms. The van der Waals surface area contributed by atoms with Gasteiger partial charge in [0.05, 0.1) is 0 Å². The maximum atomic E-state index is 2.39. The Balaban J connectivity index is 2.12. The molecule has 2 rings (SSSR count). The molecule has 0 saturated carbocycles. The van der Waals surface area contributed by atoms with Gasteiger partial charge in [-0.1, -0.05) is 70.1 Å². The summed E-state index contributed by atoms with van der Waals surface area (Å²) in [6, 6.07) is 7.05. The third-order valence-electron chi connectivity index (χ3n) is 4.51. The molecule has 1 aliphatic carbocycles. The highest BCUT2D eigenvalue weighted by Crippen LogP contribution is 2.23. The third-order valence-corrected chi connectivity index (χ3v) is 4.51. The van der Waals surface area contributed by atoms with Crippen LogP contribution >= 0.6 is 0 Å². The van der Waals surface area contributed by atoms with Gasteiger partial charge in [-0.25, -0.2) is 0 Å².